The van der Waals surface area contributed by atoms with Gasteiger partial charge in [0.15, 0.2) is 5.82 Å². The number of rotatable bonds is 4. The van der Waals surface area contributed by atoms with Crippen LogP contribution in [0.25, 0.3) is 11.5 Å². The smallest absolute Gasteiger partial charge is 0.180 e. The number of aryl methyl sites for hydroxylation is 1. The summed E-state index contributed by atoms with van der Waals surface area (Å²) in [6.07, 6.45) is 1.78. The van der Waals surface area contributed by atoms with Crippen molar-refractivity contribution < 1.29 is 9.47 Å². The Morgan fingerprint density at radius 1 is 1.28 bits per heavy atom. The highest BCUT2D eigenvalue weighted by atomic mass is 16.5. The van der Waals surface area contributed by atoms with Crippen molar-refractivity contribution in [3.63, 3.8) is 0 Å². The number of hydrogen-bond donors (Lipinski definition) is 0. The fourth-order valence-corrected chi connectivity index (χ4v) is 3.26. The van der Waals surface area contributed by atoms with Crippen LogP contribution in [0.1, 0.15) is 25.1 Å². The van der Waals surface area contributed by atoms with Crippen molar-refractivity contribution in [1.29, 1.82) is 0 Å². The van der Waals surface area contributed by atoms with Gasteiger partial charge in [0.25, 0.3) is 0 Å². The topological polar surface area (TPSA) is 60.4 Å². The van der Waals surface area contributed by atoms with Gasteiger partial charge in [-0.15, -0.1) is 0 Å². The second-order valence-electron chi connectivity index (χ2n) is 7.13. The van der Waals surface area contributed by atoms with E-state index in [2.05, 4.69) is 35.6 Å². The molecule has 2 aromatic heterocycles. The maximum Gasteiger partial charge on any atom is 0.180 e. The first-order chi connectivity index (χ1) is 11.9. The van der Waals surface area contributed by atoms with Crippen molar-refractivity contribution in [3.8, 4) is 11.5 Å². The molecule has 2 aromatic rings. The third-order valence-electron chi connectivity index (χ3n) is 4.39. The van der Waals surface area contributed by atoms with E-state index >= 15 is 0 Å². The zero-order valence-electron chi connectivity index (χ0n) is 15.6. The Balaban J connectivity index is 1.99. The summed E-state index contributed by atoms with van der Waals surface area (Å²) in [7, 11) is 1.70. The zero-order valence-corrected chi connectivity index (χ0v) is 15.6. The Morgan fingerprint density at radius 2 is 2.08 bits per heavy atom. The second kappa shape index (κ2) is 7.06. The molecule has 3 rings (SSSR count). The van der Waals surface area contributed by atoms with Crippen LogP contribution < -0.4 is 4.90 Å². The molecule has 6 heteroatoms. The lowest BCUT2D eigenvalue weighted by atomic mass is 10.0. The predicted octanol–water partition coefficient (Wildman–Crippen LogP) is 2.79. The van der Waals surface area contributed by atoms with E-state index in [0.29, 0.717) is 12.4 Å². The third-order valence-corrected chi connectivity index (χ3v) is 4.39. The van der Waals surface area contributed by atoms with E-state index in [4.69, 9.17) is 14.5 Å². The number of ether oxygens (including phenoxy) is 2. The number of anilines is 1. The van der Waals surface area contributed by atoms with Crippen molar-refractivity contribution in [2.75, 3.05) is 31.7 Å². The van der Waals surface area contributed by atoms with Crippen LogP contribution in [0.15, 0.2) is 24.4 Å². The van der Waals surface area contributed by atoms with Crippen molar-refractivity contribution in [2.24, 2.45) is 0 Å². The van der Waals surface area contributed by atoms with Gasteiger partial charge in [-0.05, 0) is 39.8 Å². The molecule has 0 spiro atoms. The third kappa shape index (κ3) is 3.96. The van der Waals surface area contributed by atoms with E-state index in [1.54, 1.807) is 13.3 Å². The Kier molecular flexibility index (Phi) is 5.01. The predicted molar refractivity (Wildman–Crippen MR) is 97.8 cm³/mol. The molecule has 0 bridgehead atoms. The molecule has 1 fully saturated rings. The molecular formula is C19H26N4O2. The molecule has 0 aromatic carbocycles. The van der Waals surface area contributed by atoms with Crippen molar-refractivity contribution in [3.05, 3.63) is 35.7 Å². The zero-order chi connectivity index (χ0) is 18.0. The van der Waals surface area contributed by atoms with Gasteiger partial charge >= 0.3 is 0 Å². The largest absolute Gasteiger partial charge is 0.382 e. The summed E-state index contributed by atoms with van der Waals surface area (Å²) >= 11 is 0. The molecule has 3 heterocycles. The van der Waals surface area contributed by atoms with Crippen LogP contribution in [0.4, 0.5) is 5.82 Å². The summed E-state index contributed by atoms with van der Waals surface area (Å²) < 4.78 is 11.4. The van der Waals surface area contributed by atoms with Crippen molar-refractivity contribution >= 4 is 5.82 Å². The highest BCUT2D eigenvalue weighted by molar-refractivity contribution is 5.57. The van der Waals surface area contributed by atoms with Gasteiger partial charge in [0, 0.05) is 37.7 Å². The number of hydrogen-bond acceptors (Lipinski definition) is 6. The maximum absolute atomic E-state index is 6.13. The molecule has 1 saturated heterocycles. The fourth-order valence-electron chi connectivity index (χ4n) is 3.26. The first-order valence-electron chi connectivity index (χ1n) is 8.58. The van der Waals surface area contributed by atoms with E-state index in [1.165, 1.54) is 0 Å². The average Bonchev–Trinajstić information content (AvgIpc) is 2.57. The van der Waals surface area contributed by atoms with Crippen LogP contribution in [-0.4, -0.2) is 53.5 Å². The van der Waals surface area contributed by atoms with Crippen LogP contribution in [0.2, 0.25) is 0 Å². The molecule has 0 aliphatic carbocycles. The SMILES string of the molecule is COCC1CN(c2nc(-c3ccccn3)nc(C)c2C)CC(C)(C)O1. The van der Waals surface area contributed by atoms with Crippen molar-refractivity contribution in [1.82, 2.24) is 15.0 Å². The Hall–Kier alpha value is -2.05. The van der Waals surface area contributed by atoms with E-state index in [9.17, 15) is 0 Å². The van der Waals surface area contributed by atoms with E-state index < -0.39 is 0 Å². The van der Waals surface area contributed by atoms with Crippen LogP contribution in [0.3, 0.4) is 0 Å². The molecule has 1 unspecified atom stereocenters. The molecule has 6 nitrogen and oxygen atoms in total. The van der Waals surface area contributed by atoms with Crippen LogP contribution in [0, 0.1) is 13.8 Å². The summed E-state index contributed by atoms with van der Waals surface area (Å²) in [6, 6.07) is 5.78. The van der Waals surface area contributed by atoms with Gasteiger partial charge < -0.3 is 14.4 Å². The van der Waals surface area contributed by atoms with Crippen LogP contribution in [0.5, 0.6) is 0 Å². The Bertz CT molecular complexity index is 734. The quantitative estimate of drug-likeness (QED) is 0.851. The Labute approximate surface area is 149 Å². The van der Waals surface area contributed by atoms with Gasteiger partial charge in [0.1, 0.15) is 11.5 Å². The number of aromatic nitrogens is 3. The molecule has 25 heavy (non-hydrogen) atoms. The van der Waals surface area contributed by atoms with Crippen molar-refractivity contribution in [2.45, 2.75) is 39.4 Å². The van der Waals surface area contributed by atoms with E-state index in [1.807, 2.05) is 25.1 Å². The summed E-state index contributed by atoms with van der Waals surface area (Å²) in [5.41, 5.74) is 2.58. The fraction of sp³-hybridized carbons (Fsp3) is 0.526. The second-order valence-corrected chi connectivity index (χ2v) is 7.13. The standard InChI is InChI=1S/C19H26N4O2/c1-13-14(2)21-17(16-8-6-7-9-20-16)22-18(13)23-10-15(11-24-5)25-19(3,4)12-23/h6-9,15H,10-12H2,1-5H3. The lowest BCUT2D eigenvalue weighted by Gasteiger charge is -2.43. The van der Waals surface area contributed by atoms with Gasteiger partial charge in [-0.25, -0.2) is 9.97 Å². The molecular weight excluding hydrogens is 316 g/mol. The monoisotopic (exact) mass is 342 g/mol. The minimum absolute atomic E-state index is 0.0155. The normalized spacial score (nSPS) is 19.9. The lowest BCUT2D eigenvalue weighted by Crippen LogP contribution is -2.54. The van der Waals surface area contributed by atoms with Gasteiger partial charge in [0.2, 0.25) is 0 Å². The molecule has 0 amide bonds. The maximum atomic E-state index is 6.13. The van der Waals surface area contributed by atoms with E-state index in [-0.39, 0.29) is 11.7 Å². The van der Waals surface area contributed by atoms with E-state index in [0.717, 1.165) is 35.9 Å². The molecule has 134 valence electrons. The lowest BCUT2D eigenvalue weighted by molar-refractivity contribution is -0.106. The summed E-state index contributed by atoms with van der Waals surface area (Å²) in [5.74, 6) is 1.61. The number of nitrogens with zero attached hydrogens (tertiary/aromatic N) is 4. The van der Waals surface area contributed by atoms with Crippen LogP contribution in [-0.2, 0) is 9.47 Å². The van der Waals surface area contributed by atoms with Crippen LogP contribution >= 0.6 is 0 Å². The van der Waals surface area contributed by atoms with Gasteiger partial charge in [-0.2, -0.15) is 0 Å². The molecule has 1 aliphatic heterocycles. The Morgan fingerprint density at radius 3 is 2.76 bits per heavy atom. The number of pyridine rings is 1. The highest BCUT2D eigenvalue weighted by Gasteiger charge is 2.35. The molecule has 1 atom stereocenters. The minimum atomic E-state index is -0.266. The first kappa shape index (κ1) is 17.8. The number of methoxy groups -OCH3 is 1. The van der Waals surface area contributed by atoms with Gasteiger partial charge in [-0.3, -0.25) is 4.98 Å². The number of morpholine rings is 1. The minimum Gasteiger partial charge on any atom is -0.382 e. The summed E-state index contributed by atoms with van der Waals surface area (Å²) in [6.45, 7) is 10.4. The highest BCUT2D eigenvalue weighted by Crippen LogP contribution is 2.29. The average molecular weight is 342 g/mol. The summed E-state index contributed by atoms with van der Waals surface area (Å²) in [5, 5.41) is 0. The van der Waals surface area contributed by atoms with Gasteiger partial charge in [0.05, 0.1) is 18.3 Å². The van der Waals surface area contributed by atoms with Gasteiger partial charge in [-0.1, -0.05) is 6.07 Å². The molecule has 0 radical (unpaired) electrons. The molecule has 0 saturated carbocycles. The first-order valence-corrected chi connectivity index (χ1v) is 8.58. The summed E-state index contributed by atoms with van der Waals surface area (Å²) in [4.78, 5) is 16.1. The molecule has 1 aliphatic rings. The molecule has 0 N–H and O–H groups in total.